The van der Waals surface area contributed by atoms with Gasteiger partial charge in [-0.25, -0.2) is 0 Å². The lowest BCUT2D eigenvalue weighted by Crippen LogP contribution is -2.37. The van der Waals surface area contributed by atoms with E-state index in [4.69, 9.17) is 10.5 Å². The van der Waals surface area contributed by atoms with E-state index < -0.39 is 17.4 Å². The van der Waals surface area contributed by atoms with Gasteiger partial charge in [-0.1, -0.05) is 12.1 Å². The van der Waals surface area contributed by atoms with Crippen molar-refractivity contribution >= 4 is 34.3 Å². The molecule has 1 aromatic carbocycles. The number of hydrogen-bond acceptors (Lipinski definition) is 4. The number of carbonyl (C=O) groups is 1. The summed E-state index contributed by atoms with van der Waals surface area (Å²) in [5.74, 6) is -0.360. The predicted octanol–water partition coefficient (Wildman–Crippen LogP) is 2.78. The Kier molecular flexibility index (Phi) is 6.13. The number of phenolic OH excluding ortho intramolecular Hbond substituents is 1. The summed E-state index contributed by atoms with van der Waals surface area (Å²) in [7, 11) is 1.32. The van der Waals surface area contributed by atoms with Crippen molar-refractivity contribution in [3.63, 3.8) is 0 Å². The van der Waals surface area contributed by atoms with Crippen LogP contribution in [0.2, 0.25) is 0 Å². The lowest BCUT2D eigenvalue weighted by molar-refractivity contribution is -0.152. The van der Waals surface area contributed by atoms with Crippen LogP contribution in [0.5, 0.6) is 5.75 Å². The summed E-state index contributed by atoms with van der Waals surface area (Å²) >= 11 is 3.21. The molecular weight excluding hydrogens is 321 g/mol. The molecule has 0 bridgehead atoms. The fraction of sp³-hybridized carbons (Fsp3) is 0.417. The van der Waals surface area contributed by atoms with Gasteiger partial charge in [-0.3, -0.25) is 4.79 Å². The Labute approximate surface area is 121 Å². The molecule has 0 aromatic heterocycles. The van der Waals surface area contributed by atoms with Crippen LogP contribution in [0.25, 0.3) is 0 Å². The average Bonchev–Trinajstić information content (AvgIpc) is 2.30. The molecule has 0 aliphatic rings. The zero-order valence-corrected chi connectivity index (χ0v) is 12.8. The van der Waals surface area contributed by atoms with Crippen molar-refractivity contribution in [3.05, 3.63) is 28.2 Å². The maximum Gasteiger partial charge on any atom is 0.313 e. The maximum absolute atomic E-state index is 11.6. The Morgan fingerprint density at radius 1 is 1.50 bits per heavy atom. The number of phenols is 1. The molecule has 1 aromatic rings. The molecule has 1 rings (SSSR count). The van der Waals surface area contributed by atoms with Crippen LogP contribution >= 0.6 is 28.3 Å². The summed E-state index contributed by atoms with van der Waals surface area (Å²) in [6, 6.07) is 4.51. The van der Waals surface area contributed by atoms with Crippen molar-refractivity contribution in [2.45, 2.75) is 19.9 Å². The standard InChI is InChI=1S/C12H16BrNO3.ClH/c1-12(2,11(16)17-3)10(14)7-5-4-6-8(13)9(7)15;/h4-6,10,15H,14H2,1-3H3;1H/t10-;/m1./s1. The second-order valence-electron chi connectivity index (χ2n) is 4.37. The minimum Gasteiger partial charge on any atom is -0.506 e. The number of hydrogen-bond donors (Lipinski definition) is 2. The highest BCUT2D eigenvalue weighted by molar-refractivity contribution is 9.10. The Morgan fingerprint density at radius 3 is 2.56 bits per heavy atom. The Balaban J connectivity index is 0.00000289. The molecule has 0 spiro atoms. The fourth-order valence-electron chi connectivity index (χ4n) is 1.56. The number of aromatic hydroxyl groups is 1. The first-order chi connectivity index (χ1) is 7.82. The number of nitrogens with two attached hydrogens (primary N) is 1. The van der Waals surface area contributed by atoms with Gasteiger partial charge >= 0.3 is 5.97 Å². The lowest BCUT2D eigenvalue weighted by atomic mass is 9.81. The molecule has 0 unspecified atom stereocenters. The monoisotopic (exact) mass is 337 g/mol. The van der Waals surface area contributed by atoms with Crippen LogP contribution in [0.15, 0.2) is 22.7 Å². The van der Waals surface area contributed by atoms with E-state index in [1.807, 2.05) is 0 Å². The highest BCUT2D eigenvalue weighted by Crippen LogP contribution is 2.39. The SMILES string of the molecule is COC(=O)C(C)(C)[C@H](N)c1cccc(Br)c1O.Cl. The van der Waals surface area contributed by atoms with E-state index in [2.05, 4.69) is 15.9 Å². The van der Waals surface area contributed by atoms with Crippen LogP contribution in [-0.4, -0.2) is 18.2 Å². The highest BCUT2D eigenvalue weighted by atomic mass is 79.9. The van der Waals surface area contributed by atoms with Gasteiger partial charge in [0.1, 0.15) is 5.75 Å². The molecule has 0 saturated heterocycles. The first-order valence-electron chi connectivity index (χ1n) is 5.13. The molecule has 0 aliphatic carbocycles. The lowest BCUT2D eigenvalue weighted by Gasteiger charge is -2.29. The van der Waals surface area contributed by atoms with Crippen molar-refractivity contribution in [1.82, 2.24) is 0 Å². The molecular formula is C12H17BrClNO3. The number of esters is 1. The van der Waals surface area contributed by atoms with Crippen LogP contribution in [0, 0.1) is 5.41 Å². The van der Waals surface area contributed by atoms with Gasteiger partial charge in [-0.05, 0) is 35.8 Å². The second-order valence-corrected chi connectivity index (χ2v) is 5.22. The molecule has 0 saturated carbocycles. The van der Waals surface area contributed by atoms with Crippen molar-refractivity contribution < 1.29 is 14.6 Å². The normalized spacial score (nSPS) is 12.5. The first-order valence-corrected chi connectivity index (χ1v) is 5.93. The minimum atomic E-state index is -0.910. The number of rotatable bonds is 3. The third kappa shape index (κ3) is 3.16. The Morgan fingerprint density at radius 2 is 2.06 bits per heavy atom. The number of carbonyl (C=O) groups excluding carboxylic acids is 1. The van der Waals surface area contributed by atoms with Crippen LogP contribution < -0.4 is 5.73 Å². The van der Waals surface area contributed by atoms with E-state index in [1.165, 1.54) is 7.11 Å². The fourth-order valence-corrected chi connectivity index (χ4v) is 1.94. The van der Waals surface area contributed by atoms with Gasteiger partial charge in [-0.2, -0.15) is 0 Å². The van der Waals surface area contributed by atoms with Crippen molar-refractivity contribution in [1.29, 1.82) is 0 Å². The minimum absolute atomic E-state index is 0. The van der Waals surface area contributed by atoms with Gasteiger partial charge in [-0.15, -0.1) is 12.4 Å². The molecule has 0 fully saturated rings. The largest absolute Gasteiger partial charge is 0.506 e. The number of benzene rings is 1. The number of halogens is 2. The van der Waals surface area contributed by atoms with Crippen molar-refractivity contribution in [2.24, 2.45) is 11.1 Å². The summed E-state index contributed by atoms with van der Waals surface area (Å²) in [5, 5.41) is 9.91. The summed E-state index contributed by atoms with van der Waals surface area (Å²) in [5.41, 5.74) is 5.64. The Hall–Kier alpha value is -0.780. The maximum atomic E-state index is 11.6. The van der Waals surface area contributed by atoms with Crippen molar-refractivity contribution in [3.8, 4) is 5.75 Å². The van der Waals surface area contributed by atoms with Gasteiger partial charge in [0.15, 0.2) is 0 Å². The molecule has 4 nitrogen and oxygen atoms in total. The molecule has 6 heteroatoms. The summed E-state index contributed by atoms with van der Waals surface area (Å²) < 4.78 is 5.26. The molecule has 0 amide bonds. The van der Waals surface area contributed by atoms with E-state index >= 15 is 0 Å². The quantitative estimate of drug-likeness (QED) is 0.831. The predicted molar refractivity (Wildman–Crippen MR) is 75.8 cm³/mol. The summed E-state index contributed by atoms with van der Waals surface area (Å²) in [6.07, 6.45) is 0. The van der Waals surface area contributed by atoms with Crippen LogP contribution in [0.4, 0.5) is 0 Å². The van der Waals surface area contributed by atoms with Gasteiger partial charge < -0.3 is 15.6 Å². The highest BCUT2D eigenvalue weighted by Gasteiger charge is 2.37. The number of methoxy groups -OCH3 is 1. The summed E-state index contributed by atoms with van der Waals surface area (Å²) in [4.78, 5) is 11.6. The van der Waals surface area contributed by atoms with Gasteiger partial charge in [0.2, 0.25) is 0 Å². The van der Waals surface area contributed by atoms with Gasteiger partial charge in [0, 0.05) is 11.6 Å². The van der Waals surface area contributed by atoms with Gasteiger partial charge in [0.25, 0.3) is 0 Å². The van der Waals surface area contributed by atoms with Crippen LogP contribution in [-0.2, 0) is 9.53 Å². The number of para-hydroxylation sites is 1. The third-order valence-electron chi connectivity index (χ3n) is 2.84. The molecule has 1 atom stereocenters. The average molecular weight is 339 g/mol. The van der Waals surface area contributed by atoms with Gasteiger partial charge in [0.05, 0.1) is 17.0 Å². The third-order valence-corrected chi connectivity index (χ3v) is 3.48. The van der Waals surface area contributed by atoms with E-state index in [1.54, 1.807) is 32.0 Å². The zero-order chi connectivity index (χ0) is 13.2. The first kappa shape index (κ1) is 17.2. The topological polar surface area (TPSA) is 72.5 Å². The van der Waals surface area contributed by atoms with E-state index in [0.717, 1.165) is 0 Å². The molecule has 102 valence electrons. The smallest absolute Gasteiger partial charge is 0.313 e. The molecule has 0 radical (unpaired) electrons. The van der Waals surface area contributed by atoms with E-state index in [0.29, 0.717) is 10.0 Å². The zero-order valence-electron chi connectivity index (χ0n) is 10.4. The molecule has 0 aliphatic heterocycles. The second kappa shape index (κ2) is 6.41. The molecule has 18 heavy (non-hydrogen) atoms. The number of ether oxygens (including phenoxy) is 1. The van der Waals surface area contributed by atoms with Crippen LogP contribution in [0.1, 0.15) is 25.5 Å². The molecule has 3 N–H and O–H groups in total. The van der Waals surface area contributed by atoms with Crippen LogP contribution in [0.3, 0.4) is 0 Å². The van der Waals surface area contributed by atoms with Crippen molar-refractivity contribution in [2.75, 3.05) is 7.11 Å². The summed E-state index contributed by atoms with van der Waals surface area (Å²) in [6.45, 7) is 3.37. The Bertz CT molecular complexity index is 437. The van der Waals surface area contributed by atoms with E-state index in [9.17, 15) is 9.90 Å². The van der Waals surface area contributed by atoms with E-state index in [-0.39, 0.29) is 18.2 Å². The molecule has 0 heterocycles.